The molecule has 2 N–H and O–H groups in total. The normalized spacial score (nSPS) is 17.5. The highest BCUT2D eigenvalue weighted by molar-refractivity contribution is 5.78. The van der Waals surface area contributed by atoms with Crippen LogP contribution in [0.5, 0.6) is 0 Å². The molecule has 22 heavy (non-hydrogen) atoms. The molecule has 0 unspecified atom stereocenters. The van der Waals surface area contributed by atoms with Crippen LogP contribution in [0.1, 0.15) is 24.6 Å². The number of likely N-dealkylation sites (tertiary alicyclic amines) is 1. The molecule has 1 atom stereocenters. The summed E-state index contributed by atoms with van der Waals surface area (Å²) >= 11 is 0. The van der Waals surface area contributed by atoms with Crippen molar-refractivity contribution in [1.29, 1.82) is 0 Å². The number of aliphatic hydroxyl groups excluding tert-OH is 1. The summed E-state index contributed by atoms with van der Waals surface area (Å²) in [5.41, 5.74) is 0.813. The number of carbonyl (C=O) groups excluding carboxylic acids is 1. The molecule has 7 nitrogen and oxygen atoms in total. The lowest BCUT2D eigenvalue weighted by molar-refractivity contribution is -0.135. The molecule has 3 rings (SSSR count). The zero-order chi connectivity index (χ0) is 15.4. The largest absolute Gasteiger partial charge is 0.387 e. The number of pyridine rings is 1. The van der Waals surface area contributed by atoms with Crippen molar-refractivity contribution in [3.8, 4) is 0 Å². The van der Waals surface area contributed by atoms with Gasteiger partial charge < -0.3 is 15.3 Å². The molecule has 7 heteroatoms. The monoisotopic (exact) mass is 299 g/mol. The first-order chi connectivity index (χ1) is 10.8. The van der Waals surface area contributed by atoms with Crippen molar-refractivity contribution in [2.45, 2.75) is 18.9 Å². The van der Waals surface area contributed by atoms with E-state index in [2.05, 4.69) is 20.3 Å². The maximum absolute atomic E-state index is 11.8. The Hall–Kier alpha value is -2.54. The Morgan fingerprint density at radius 2 is 2.27 bits per heavy atom. The van der Waals surface area contributed by atoms with Gasteiger partial charge in [-0.15, -0.1) is 0 Å². The van der Waals surface area contributed by atoms with E-state index in [1.807, 2.05) is 18.2 Å². The van der Waals surface area contributed by atoms with Crippen LogP contribution in [0.2, 0.25) is 0 Å². The molecule has 1 fully saturated rings. The fourth-order valence-corrected chi connectivity index (χ4v) is 2.67. The van der Waals surface area contributed by atoms with Gasteiger partial charge in [-0.05, 0) is 25.0 Å². The SMILES string of the molecule is O=C(CO)N1CCC[C@@H]1c1cccc(Nc2cnccn2)n1. The minimum absolute atomic E-state index is 0.0803. The molecular formula is C15H17N5O2. The minimum atomic E-state index is -0.464. The topological polar surface area (TPSA) is 91.2 Å². The first kappa shape index (κ1) is 14.4. The van der Waals surface area contributed by atoms with Crippen molar-refractivity contribution >= 4 is 17.5 Å². The van der Waals surface area contributed by atoms with Crippen LogP contribution in [0.25, 0.3) is 0 Å². The molecule has 3 heterocycles. The van der Waals surface area contributed by atoms with Gasteiger partial charge in [0.25, 0.3) is 0 Å². The van der Waals surface area contributed by atoms with Crippen molar-refractivity contribution in [3.63, 3.8) is 0 Å². The van der Waals surface area contributed by atoms with E-state index in [1.165, 1.54) is 0 Å². The fourth-order valence-electron chi connectivity index (χ4n) is 2.67. The molecule has 0 bridgehead atoms. The molecule has 2 aromatic rings. The van der Waals surface area contributed by atoms with Gasteiger partial charge in [0.2, 0.25) is 5.91 Å². The summed E-state index contributed by atoms with van der Waals surface area (Å²) in [7, 11) is 0. The van der Waals surface area contributed by atoms with Gasteiger partial charge in [-0.2, -0.15) is 0 Å². The smallest absolute Gasteiger partial charge is 0.248 e. The number of amides is 1. The van der Waals surface area contributed by atoms with E-state index >= 15 is 0 Å². The second kappa shape index (κ2) is 6.48. The predicted molar refractivity (Wildman–Crippen MR) is 80.3 cm³/mol. The Morgan fingerprint density at radius 3 is 3.05 bits per heavy atom. The van der Waals surface area contributed by atoms with Crippen molar-refractivity contribution in [2.24, 2.45) is 0 Å². The third-order valence-corrected chi connectivity index (χ3v) is 3.64. The van der Waals surface area contributed by atoms with Gasteiger partial charge >= 0.3 is 0 Å². The highest BCUT2D eigenvalue weighted by atomic mass is 16.3. The van der Waals surface area contributed by atoms with Gasteiger partial charge in [-0.1, -0.05) is 6.07 Å². The van der Waals surface area contributed by atoms with E-state index in [9.17, 15) is 4.79 Å². The number of rotatable bonds is 4. The summed E-state index contributed by atoms with van der Waals surface area (Å²) in [5.74, 6) is 1.01. The van der Waals surface area contributed by atoms with Crippen LogP contribution in [-0.2, 0) is 4.79 Å². The lowest BCUT2D eigenvalue weighted by atomic mass is 10.1. The zero-order valence-corrected chi connectivity index (χ0v) is 12.0. The molecule has 2 aromatic heterocycles. The first-order valence-electron chi connectivity index (χ1n) is 7.18. The molecule has 1 aliphatic heterocycles. The first-order valence-corrected chi connectivity index (χ1v) is 7.18. The molecule has 1 amide bonds. The van der Waals surface area contributed by atoms with Crippen LogP contribution >= 0.6 is 0 Å². The lowest BCUT2D eigenvalue weighted by Gasteiger charge is -2.23. The summed E-state index contributed by atoms with van der Waals surface area (Å²) in [5, 5.41) is 12.2. The Balaban J connectivity index is 1.80. The van der Waals surface area contributed by atoms with Gasteiger partial charge in [0.1, 0.15) is 18.2 Å². The molecule has 1 aliphatic rings. The zero-order valence-electron chi connectivity index (χ0n) is 12.0. The number of anilines is 2. The highest BCUT2D eigenvalue weighted by Crippen LogP contribution is 2.31. The van der Waals surface area contributed by atoms with E-state index in [0.29, 0.717) is 18.2 Å². The van der Waals surface area contributed by atoms with Gasteiger partial charge in [0.05, 0.1) is 17.9 Å². The number of aromatic nitrogens is 3. The van der Waals surface area contributed by atoms with Crippen LogP contribution < -0.4 is 5.32 Å². The van der Waals surface area contributed by atoms with Gasteiger partial charge in [-0.3, -0.25) is 9.78 Å². The molecule has 114 valence electrons. The number of aliphatic hydroxyl groups is 1. The molecule has 0 aromatic carbocycles. The van der Waals surface area contributed by atoms with Crippen LogP contribution in [0.15, 0.2) is 36.8 Å². The number of nitrogens with zero attached hydrogens (tertiary/aromatic N) is 4. The lowest BCUT2D eigenvalue weighted by Crippen LogP contribution is -2.33. The van der Waals surface area contributed by atoms with Gasteiger partial charge in [0.15, 0.2) is 0 Å². The minimum Gasteiger partial charge on any atom is -0.387 e. The summed E-state index contributed by atoms with van der Waals surface area (Å²) in [4.78, 5) is 26.2. The summed E-state index contributed by atoms with van der Waals surface area (Å²) < 4.78 is 0. The molecule has 1 saturated heterocycles. The van der Waals surface area contributed by atoms with Crippen LogP contribution in [0.3, 0.4) is 0 Å². The third-order valence-electron chi connectivity index (χ3n) is 3.64. The van der Waals surface area contributed by atoms with Gasteiger partial charge in [0, 0.05) is 18.9 Å². The van der Waals surface area contributed by atoms with E-state index in [1.54, 1.807) is 23.5 Å². The van der Waals surface area contributed by atoms with Crippen LogP contribution in [-0.4, -0.2) is 44.0 Å². The second-order valence-corrected chi connectivity index (χ2v) is 5.07. The summed E-state index contributed by atoms with van der Waals surface area (Å²) in [6.45, 7) is 0.196. The fraction of sp³-hybridized carbons (Fsp3) is 0.333. The second-order valence-electron chi connectivity index (χ2n) is 5.07. The van der Waals surface area contributed by atoms with E-state index < -0.39 is 6.61 Å². The Morgan fingerprint density at radius 1 is 1.36 bits per heavy atom. The van der Waals surface area contributed by atoms with E-state index in [0.717, 1.165) is 18.5 Å². The average molecular weight is 299 g/mol. The number of hydrogen-bond donors (Lipinski definition) is 2. The quantitative estimate of drug-likeness (QED) is 0.883. The average Bonchev–Trinajstić information content (AvgIpc) is 3.05. The number of carbonyl (C=O) groups is 1. The Bertz CT molecular complexity index is 649. The van der Waals surface area contributed by atoms with Crippen LogP contribution in [0, 0.1) is 0 Å². The van der Waals surface area contributed by atoms with Gasteiger partial charge in [-0.25, -0.2) is 9.97 Å². The molecular weight excluding hydrogens is 282 g/mol. The third kappa shape index (κ3) is 3.04. The van der Waals surface area contributed by atoms with Crippen molar-refractivity contribution in [3.05, 3.63) is 42.5 Å². The molecule has 0 aliphatic carbocycles. The van der Waals surface area contributed by atoms with Crippen molar-refractivity contribution < 1.29 is 9.90 Å². The Kier molecular flexibility index (Phi) is 4.24. The molecule has 0 radical (unpaired) electrons. The standard InChI is InChI=1S/C15H17N5O2/c21-10-15(22)20-8-2-4-12(20)11-3-1-5-13(18-11)19-14-9-16-6-7-17-14/h1,3,5-7,9,12,21H,2,4,8,10H2,(H,17,18,19)/t12-/m1/s1. The Labute approximate surface area is 128 Å². The van der Waals surface area contributed by atoms with Crippen molar-refractivity contribution in [2.75, 3.05) is 18.5 Å². The van der Waals surface area contributed by atoms with Crippen molar-refractivity contribution in [1.82, 2.24) is 19.9 Å². The predicted octanol–water partition coefficient (Wildman–Crippen LogP) is 1.27. The highest BCUT2D eigenvalue weighted by Gasteiger charge is 2.30. The maximum Gasteiger partial charge on any atom is 0.248 e. The summed E-state index contributed by atoms with van der Waals surface area (Å²) in [6, 6.07) is 5.55. The van der Waals surface area contributed by atoms with E-state index in [4.69, 9.17) is 5.11 Å². The van der Waals surface area contributed by atoms with E-state index in [-0.39, 0.29) is 11.9 Å². The summed E-state index contributed by atoms with van der Waals surface area (Å²) in [6.07, 6.45) is 6.59. The molecule has 0 saturated carbocycles. The van der Waals surface area contributed by atoms with Crippen LogP contribution in [0.4, 0.5) is 11.6 Å². The maximum atomic E-state index is 11.8. The number of hydrogen-bond acceptors (Lipinski definition) is 6. The molecule has 0 spiro atoms. The number of nitrogens with one attached hydrogen (secondary N) is 1.